The number of aliphatic carboxylic acids is 1. The van der Waals surface area contributed by atoms with Gasteiger partial charge in [-0.15, -0.1) is 0 Å². The van der Waals surface area contributed by atoms with E-state index in [1.54, 1.807) is 30.6 Å². The summed E-state index contributed by atoms with van der Waals surface area (Å²) in [6.45, 7) is 0.383. The first-order valence-corrected chi connectivity index (χ1v) is 6.30. The molecular weight excluding hydrogens is 270 g/mol. The molecule has 0 amide bonds. The zero-order valence-corrected chi connectivity index (χ0v) is 11.5. The number of carboxylic acid groups (broad SMARTS) is 1. The Morgan fingerprint density at radius 3 is 2.86 bits per heavy atom. The molecule has 21 heavy (non-hydrogen) atoms. The van der Waals surface area contributed by atoms with Gasteiger partial charge in [-0.1, -0.05) is 12.1 Å². The van der Waals surface area contributed by atoms with Crippen molar-refractivity contribution in [2.24, 2.45) is 0 Å². The Kier molecular flexibility index (Phi) is 4.93. The Labute approximate surface area is 122 Å². The summed E-state index contributed by atoms with van der Waals surface area (Å²) in [7, 11) is 1.54. The summed E-state index contributed by atoms with van der Waals surface area (Å²) in [4.78, 5) is 14.5. The summed E-state index contributed by atoms with van der Waals surface area (Å²) in [6.07, 6.45) is 6.00. The fraction of sp³-hybridized carbons (Fsp3) is 0.125. The first kappa shape index (κ1) is 14.6. The molecule has 0 aliphatic carbocycles. The standard InChI is InChI=1S/C16H15NO4/c1-20-15-9-12(5-7-16(18)19)4-6-14(15)21-11-13-3-2-8-17-10-13/h2-10H,11H2,1H3,(H,18,19). The maximum atomic E-state index is 10.5. The highest BCUT2D eigenvalue weighted by Crippen LogP contribution is 2.29. The highest BCUT2D eigenvalue weighted by Gasteiger charge is 2.05. The maximum Gasteiger partial charge on any atom is 0.328 e. The molecule has 0 atom stereocenters. The predicted octanol–water partition coefficient (Wildman–Crippen LogP) is 2.77. The minimum absolute atomic E-state index is 0.383. The molecule has 108 valence electrons. The van der Waals surface area contributed by atoms with E-state index in [-0.39, 0.29) is 0 Å². The maximum absolute atomic E-state index is 10.5. The van der Waals surface area contributed by atoms with Crippen LogP contribution in [0.2, 0.25) is 0 Å². The summed E-state index contributed by atoms with van der Waals surface area (Å²) >= 11 is 0. The van der Waals surface area contributed by atoms with Gasteiger partial charge in [-0.2, -0.15) is 0 Å². The minimum Gasteiger partial charge on any atom is -0.493 e. The molecule has 0 spiro atoms. The van der Waals surface area contributed by atoms with E-state index in [1.165, 1.54) is 13.2 Å². The molecule has 0 radical (unpaired) electrons. The lowest BCUT2D eigenvalue weighted by atomic mass is 10.2. The van der Waals surface area contributed by atoms with E-state index in [9.17, 15) is 4.79 Å². The molecule has 1 aromatic carbocycles. The predicted molar refractivity (Wildman–Crippen MR) is 78.2 cm³/mol. The molecule has 1 heterocycles. The van der Waals surface area contributed by atoms with Crippen molar-refractivity contribution in [1.29, 1.82) is 0 Å². The molecule has 0 saturated heterocycles. The number of aromatic nitrogens is 1. The Bertz CT molecular complexity index is 638. The molecule has 0 aliphatic rings. The van der Waals surface area contributed by atoms with E-state index >= 15 is 0 Å². The molecule has 0 aliphatic heterocycles. The van der Waals surface area contributed by atoms with E-state index in [4.69, 9.17) is 14.6 Å². The Balaban J connectivity index is 2.11. The van der Waals surface area contributed by atoms with E-state index in [2.05, 4.69) is 4.98 Å². The number of methoxy groups -OCH3 is 1. The van der Waals surface area contributed by atoms with Crippen LogP contribution in [0.15, 0.2) is 48.8 Å². The molecule has 0 bridgehead atoms. The molecular formula is C16H15NO4. The number of carboxylic acids is 1. The largest absolute Gasteiger partial charge is 0.493 e. The SMILES string of the molecule is COc1cc(C=CC(=O)O)ccc1OCc1cccnc1. The molecule has 5 nitrogen and oxygen atoms in total. The topological polar surface area (TPSA) is 68.7 Å². The number of benzene rings is 1. The fourth-order valence-electron chi connectivity index (χ4n) is 1.72. The van der Waals surface area contributed by atoms with Gasteiger partial charge in [0.2, 0.25) is 0 Å². The van der Waals surface area contributed by atoms with Crippen LogP contribution in [0, 0.1) is 0 Å². The van der Waals surface area contributed by atoms with Crippen LogP contribution in [0.25, 0.3) is 6.08 Å². The number of hydrogen-bond acceptors (Lipinski definition) is 4. The van der Waals surface area contributed by atoms with E-state index in [0.717, 1.165) is 17.2 Å². The van der Waals surface area contributed by atoms with E-state index < -0.39 is 5.97 Å². The molecule has 2 rings (SSSR count). The molecule has 5 heteroatoms. The van der Waals surface area contributed by atoms with Crippen LogP contribution in [0.1, 0.15) is 11.1 Å². The van der Waals surface area contributed by atoms with Crippen molar-refractivity contribution >= 4 is 12.0 Å². The number of ether oxygens (including phenoxy) is 2. The smallest absolute Gasteiger partial charge is 0.328 e. The van der Waals surface area contributed by atoms with Gasteiger partial charge in [0, 0.05) is 24.0 Å². The van der Waals surface area contributed by atoms with Gasteiger partial charge in [0.05, 0.1) is 7.11 Å². The summed E-state index contributed by atoms with van der Waals surface area (Å²) in [5.41, 5.74) is 1.68. The van der Waals surface area contributed by atoms with Crippen molar-refractivity contribution in [3.05, 3.63) is 59.9 Å². The third kappa shape index (κ3) is 4.35. The van der Waals surface area contributed by atoms with Gasteiger partial charge in [0.15, 0.2) is 11.5 Å². The molecule has 1 aromatic heterocycles. The Morgan fingerprint density at radius 1 is 1.33 bits per heavy atom. The van der Waals surface area contributed by atoms with E-state index in [1.807, 2.05) is 12.1 Å². The van der Waals surface area contributed by atoms with Gasteiger partial charge >= 0.3 is 5.97 Å². The lowest BCUT2D eigenvalue weighted by Crippen LogP contribution is -1.98. The first-order chi connectivity index (χ1) is 10.2. The van der Waals surface area contributed by atoms with Gasteiger partial charge in [-0.05, 0) is 29.8 Å². The lowest BCUT2D eigenvalue weighted by Gasteiger charge is -2.11. The normalized spacial score (nSPS) is 10.5. The summed E-state index contributed by atoms with van der Waals surface area (Å²) in [5, 5.41) is 8.62. The quantitative estimate of drug-likeness (QED) is 0.826. The minimum atomic E-state index is -0.995. The van der Waals surface area contributed by atoms with Crippen molar-refractivity contribution in [3.63, 3.8) is 0 Å². The van der Waals surface area contributed by atoms with Gasteiger partial charge in [-0.25, -0.2) is 4.79 Å². The highest BCUT2D eigenvalue weighted by molar-refractivity contribution is 5.85. The van der Waals surface area contributed by atoms with Crippen LogP contribution in [0.4, 0.5) is 0 Å². The van der Waals surface area contributed by atoms with Gasteiger partial charge < -0.3 is 14.6 Å². The Hall–Kier alpha value is -2.82. The van der Waals surface area contributed by atoms with Crippen LogP contribution in [0.5, 0.6) is 11.5 Å². The average Bonchev–Trinajstić information content (AvgIpc) is 2.52. The second-order valence-electron chi connectivity index (χ2n) is 4.23. The van der Waals surface area contributed by atoms with Crippen LogP contribution in [-0.2, 0) is 11.4 Å². The van der Waals surface area contributed by atoms with E-state index in [0.29, 0.717) is 18.1 Å². The summed E-state index contributed by atoms with van der Waals surface area (Å²) in [5.74, 6) is 0.145. The second-order valence-corrected chi connectivity index (χ2v) is 4.23. The third-order valence-corrected chi connectivity index (χ3v) is 2.72. The van der Waals surface area contributed by atoms with Gasteiger partial charge in [0.1, 0.15) is 6.61 Å². The number of pyridine rings is 1. The first-order valence-electron chi connectivity index (χ1n) is 6.30. The molecule has 0 unspecified atom stereocenters. The fourth-order valence-corrected chi connectivity index (χ4v) is 1.72. The summed E-state index contributed by atoms with van der Waals surface area (Å²) < 4.78 is 10.9. The zero-order valence-electron chi connectivity index (χ0n) is 11.5. The number of hydrogen-bond donors (Lipinski definition) is 1. The zero-order chi connectivity index (χ0) is 15.1. The van der Waals surface area contributed by atoms with Crippen LogP contribution in [-0.4, -0.2) is 23.2 Å². The number of carbonyl (C=O) groups is 1. The van der Waals surface area contributed by atoms with Gasteiger partial charge in [-0.3, -0.25) is 4.98 Å². The van der Waals surface area contributed by atoms with Crippen molar-refractivity contribution in [3.8, 4) is 11.5 Å². The number of nitrogens with zero attached hydrogens (tertiary/aromatic N) is 1. The second kappa shape index (κ2) is 7.09. The van der Waals surface area contributed by atoms with Crippen LogP contribution in [0.3, 0.4) is 0 Å². The average molecular weight is 285 g/mol. The molecule has 0 saturated carbocycles. The lowest BCUT2D eigenvalue weighted by molar-refractivity contribution is -0.131. The van der Waals surface area contributed by atoms with Crippen molar-refractivity contribution in [2.75, 3.05) is 7.11 Å². The van der Waals surface area contributed by atoms with Gasteiger partial charge in [0.25, 0.3) is 0 Å². The third-order valence-electron chi connectivity index (χ3n) is 2.72. The molecule has 2 aromatic rings. The summed E-state index contributed by atoms with van der Waals surface area (Å²) in [6, 6.07) is 8.99. The molecule has 0 fully saturated rings. The van der Waals surface area contributed by atoms with Crippen LogP contribution < -0.4 is 9.47 Å². The van der Waals surface area contributed by atoms with Crippen molar-refractivity contribution in [1.82, 2.24) is 4.98 Å². The van der Waals surface area contributed by atoms with Crippen molar-refractivity contribution in [2.45, 2.75) is 6.61 Å². The van der Waals surface area contributed by atoms with Crippen LogP contribution >= 0.6 is 0 Å². The Morgan fingerprint density at radius 2 is 2.19 bits per heavy atom. The number of rotatable bonds is 6. The highest BCUT2D eigenvalue weighted by atomic mass is 16.5. The molecule has 1 N–H and O–H groups in total. The monoisotopic (exact) mass is 285 g/mol. The van der Waals surface area contributed by atoms with Crippen molar-refractivity contribution < 1.29 is 19.4 Å².